The molecule has 3 heteroatoms. The number of hydrogen-bond acceptors (Lipinski definition) is 2. The van der Waals surface area contributed by atoms with Gasteiger partial charge in [-0.2, -0.15) is 0 Å². The topological polar surface area (TPSA) is 32.3 Å². The first-order chi connectivity index (χ1) is 8.33. The summed E-state index contributed by atoms with van der Waals surface area (Å²) in [6, 6.07) is 9.01. The van der Waals surface area contributed by atoms with Crippen LogP contribution < -0.4 is 5.32 Å². The van der Waals surface area contributed by atoms with E-state index in [9.17, 15) is 4.79 Å². The van der Waals surface area contributed by atoms with Crippen LogP contribution in [0.15, 0.2) is 24.3 Å². The van der Waals surface area contributed by atoms with Gasteiger partial charge in [-0.05, 0) is 24.0 Å². The minimum Gasteiger partial charge on any atom is -0.334 e. The molecule has 0 saturated heterocycles. The van der Waals surface area contributed by atoms with Gasteiger partial charge in [0.1, 0.15) is 0 Å². The molecule has 1 amide bonds. The Bertz CT molecular complexity index is 401. The Balaban J connectivity index is 1.51. The highest BCUT2D eigenvalue weighted by Crippen LogP contribution is 2.23. The van der Waals surface area contributed by atoms with E-state index in [-0.39, 0.29) is 5.91 Å². The molecule has 0 unspecified atom stereocenters. The van der Waals surface area contributed by atoms with Gasteiger partial charge in [-0.15, -0.1) is 0 Å². The summed E-state index contributed by atoms with van der Waals surface area (Å²) < 4.78 is 0. The van der Waals surface area contributed by atoms with E-state index in [2.05, 4.69) is 17.4 Å². The number of amides is 1. The molecule has 0 atom stereocenters. The Kier molecular flexibility index (Phi) is 2.85. The van der Waals surface area contributed by atoms with Crippen molar-refractivity contribution in [3.05, 3.63) is 35.4 Å². The van der Waals surface area contributed by atoms with E-state index in [1.807, 2.05) is 17.0 Å². The van der Waals surface area contributed by atoms with Gasteiger partial charge in [0, 0.05) is 32.1 Å². The predicted octanol–water partition coefficient (Wildman–Crippen LogP) is 1.67. The summed E-state index contributed by atoms with van der Waals surface area (Å²) >= 11 is 0. The van der Waals surface area contributed by atoms with Gasteiger partial charge in [-0.1, -0.05) is 24.3 Å². The van der Waals surface area contributed by atoms with E-state index in [1.54, 1.807) is 0 Å². The SMILES string of the molecule is O=C(CCNC1CC1)N1Cc2ccccc2C1. The third-order valence-electron chi connectivity index (χ3n) is 3.54. The fourth-order valence-electron chi connectivity index (χ4n) is 2.34. The fraction of sp³-hybridized carbons (Fsp3) is 0.500. The van der Waals surface area contributed by atoms with Crippen molar-refractivity contribution in [2.45, 2.75) is 38.4 Å². The molecule has 1 aromatic rings. The molecule has 1 heterocycles. The van der Waals surface area contributed by atoms with Crippen LogP contribution in [0.1, 0.15) is 30.4 Å². The molecule has 1 aliphatic carbocycles. The summed E-state index contributed by atoms with van der Waals surface area (Å²) in [6.45, 7) is 2.41. The maximum Gasteiger partial charge on any atom is 0.224 e. The highest BCUT2D eigenvalue weighted by Gasteiger charge is 2.24. The summed E-state index contributed by atoms with van der Waals surface area (Å²) in [4.78, 5) is 14.0. The van der Waals surface area contributed by atoms with Crippen LogP contribution in [0.2, 0.25) is 0 Å². The first-order valence-electron chi connectivity index (χ1n) is 6.41. The van der Waals surface area contributed by atoms with Crippen LogP contribution in [0.5, 0.6) is 0 Å². The largest absolute Gasteiger partial charge is 0.334 e. The van der Waals surface area contributed by atoms with Crippen molar-refractivity contribution >= 4 is 5.91 Å². The minimum atomic E-state index is 0.273. The number of fused-ring (bicyclic) bond motifs is 1. The van der Waals surface area contributed by atoms with Gasteiger partial charge >= 0.3 is 0 Å². The number of carbonyl (C=O) groups is 1. The number of nitrogens with one attached hydrogen (secondary N) is 1. The van der Waals surface area contributed by atoms with Gasteiger partial charge in [0.15, 0.2) is 0 Å². The summed E-state index contributed by atoms with van der Waals surface area (Å²) in [5.74, 6) is 0.273. The van der Waals surface area contributed by atoms with Gasteiger partial charge in [-0.25, -0.2) is 0 Å². The van der Waals surface area contributed by atoms with Gasteiger partial charge in [0.25, 0.3) is 0 Å². The van der Waals surface area contributed by atoms with Gasteiger partial charge in [-0.3, -0.25) is 4.79 Å². The first-order valence-corrected chi connectivity index (χ1v) is 6.41. The van der Waals surface area contributed by atoms with Crippen LogP contribution in [0.3, 0.4) is 0 Å². The molecule has 1 fully saturated rings. The van der Waals surface area contributed by atoms with Gasteiger partial charge < -0.3 is 10.2 Å². The average molecular weight is 230 g/mol. The molecule has 1 N–H and O–H groups in total. The Hall–Kier alpha value is -1.35. The predicted molar refractivity (Wildman–Crippen MR) is 66.3 cm³/mol. The molecule has 1 aromatic carbocycles. The molecule has 17 heavy (non-hydrogen) atoms. The summed E-state index contributed by atoms with van der Waals surface area (Å²) in [6.07, 6.45) is 3.19. The Morgan fingerprint density at radius 2 is 1.88 bits per heavy atom. The molecule has 0 bridgehead atoms. The van der Waals surface area contributed by atoms with Crippen molar-refractivity contribution in [1.29, 1.82) is 0 Å². The van der Waals surface area contributed by atoms with E-state index < -0.39 is 0 Å². The van der Waals surface area contributed by atoms with Crippen LogP contribution in [-0.2, 0) is 17.9 Å². The van der Waals surface area contributed by atoms with Crippen LogP contribution >= 0.6 is 0 Å². The second kappa shape index (κ2) is 4.49. The van der Waals surface area contributed by atoms with Crippen molar-refractivity contribution in [1.82, 2.24) is 10.2 Å². The fourth-order valence-corrected chi connectivity index (χ4v) is 2.34. The van der Waals surface area contributed by atoms with Gasteiger partial charge in [0.2, 0.25) is 5.91 Å². The quantitative estimate of drug-likeness (QED) is 0.853. The zero-order chi connectivity index (χ0) is 11.7. The molecule has 0 aromatic heterocycles. The van der Waals surface area contributed by atoms with Crippen LogP contribution in [-0.4, -0.2) is 23.4 Å². The van der Waals surface area contributed by atoms with Crippen molar-refractivity contribution < 1.29 is 4.79 Å². The van der Waals surface area contributed by atoms with Crippen molar-refractivity contribution in [2.24, 2.45) is 0 Å². The van der Waals surface area contributed by atoms with E-state index in [0.29, 0.717) is 12.5 Å². The lowest BCUT2D eigenvalue weighted by atomic mass is 10.1. The monoisotopic (exact) mass is 230 g/mol. The lowest BCUT2D eigenvalue weighted by molar-refractivity contribution is -0.131. The number of nitrogens with zero attached hydrogens (tertiary/aromatic N) is 1. The molecule has 3 nitrogen and oxygen atoms in total. The number of rotatable bonds is 4. The van der Waals surface area contributed by atoms with Crippen LogP contribution in [0, 0.1) is 0 Å². The zero-order valence-corrected chi connectivity index (χ0v) is 9.98. The number of hydrogen-bond donors (Lipinski definition) is 1. The lowest BCUT2D eigenvalue weighted by Gasteiger charge is -2.15. The molecular weight excluding hydrogens is 212 g/mol. The first kappa shape index (κ1) is 10.8. The third-order valence-corrected chi connectivity index (χ3v) is 3.54. The average Bonchev–Trinajstić information content (AvgIpc) is 3.06. The van der Waals surface area contributed by atoms with Crippen molar-refractivity contribution in [3.8, 4) is 0 Å². The van der Waals surface area contributed by atoms with Crippen molar-refractivity contribution in [2.75, 3.05) is 6.54 Å². The smallest absolute Gasteiger partial charge is 0.224 e. The normalized spacial score (nSPS) is 18.2. The minimum absolute atomic E-state index is 0.273. The van der Waals surface area contributed by atoms with E-state index in [4.69, 9.17) is 0 Å². The summed E-state index contributed by atoms with van der Waals surface area (Å²) in [5.41, 5.74) is 2.60. The highest BCUT2D eigenvalue weighted by atomic mass is 16.2. The highest BCUT2D eigenvalue weighted by molar-refractivity contribution is 5.77. The van der Waals surface area contributed by atoms with Crippen LogP contribution in [0.4, 0.5) is 0 Å². The zero-order valence-electron chi connectivity index (χ0n) is 9.98. The van der Waals surface area contributed by atoms with Crippen molar-refractivity contribution in [3.63, 3.8) is 0 Å². The lowest BCUT2D eigenvalue weighted by Crippen LogP contribution is -2.29. The molecule has 90 valence electrons. The molecule has 0 spiro atoms. The van der Waals surface area contributed by atoms with Gasteiger partial charge in [0.05, 0.1) is 0 Å². The molecule has 2 aliphatic rings. The van der Waals surface area contributed by atoms with E-state index in [1.165, 1.54) is 24.0 Å². The molecule has 0 radical (unpaired) electrons. The second-order valence-corrected chi connectivity index (χ2v) is 5.00. The van der Waals surface area contributed by atoms with E-state index in [0.717, 1.165) is 19.6 Å². The molecule has 1 saturated carbocycles. The maximum absolute atomic E-state index is 12.0. The second-order valence-electron chi connectivity index (χ2n) is 5.00. The molecule has 3 rings (SSSR count). The maximum atomic E-state index is 12.0. The summed E-state index contributed by atoms with van der Waals surface area (Å²) in [5, 5.41) is 3.38. The Morgan fingerprint density at radius 1 is 1.24 bits per heavy atom. The third kappa shape index (κ3) is 2.50. The number of benzene rings is 1. The van der Waals surface area contributed by atoms with Crippen LogP contribution in [0.25, 0.3) is 0 Å². The molecular formula is C14H18N2O. The summed E-state index contributed by atoms with van der Waals surface area (Å²) in [7, 11) is 0. The molecule has 1 aliphatic heterocycles. The number of carbonyl (C=O) groups excluding carboxylic acids is 1. The Labute approximate surface area is 102 Å². The standard InChI is InChI=1S/C14H18N2O/c17-14(7-8-15-13-5-6-13)16-9-11-3-1-2-4-12(11)10-16/h1-4,13,15H,5-10H2. The van der Waals surface area contributed by atoms with E-state index >= 15 is 0 Å². The Morgan fingerprint density at radius 3 is 2.47 bits per heavy atom.